The first kappa shape index (κ1) is 17.6. The third kappa shape index (κ3) is 9.74. The fraction of sp³-hybridized carbons (Fsp3) is 0.750. The summed E-state index contributed by atoms with van der Waals surface area (Å²) in [5, 5.41) is 0. The minimum absolute atomic E-state index is 0. The first-order chi connectivity index (χ1) is 5.98. The van der Waals surface area contributed by atoms with E-state index in [1.807, 2.05) is 6.92 Å². The summed E-state index contributed by atoms with van der Waals surface area (Å²) in [5.41, 5.74) is -0.753. The number of unbranched alkanes of at least 4 members (excludes halogenated alkanes) is 2. The van der Waals surface area contributed by atoms with E-state index in [1.54, 1.807) is 0 Å². The van der Waals surface area contributed by atoms with Gasteiger partial charge >= 0.3 is 58.4 Å². The van der Waals surface area contributed by atoms with Gasteiger partial charge in [0.1, 0.15) is 0 Å². The number of hydrogen-bond acceptors (Lipinski definition) is 1. The summed E-state index contributed by atoms with van der Waals surface area (Å²) in [7, 11) is 0. The predicted molar refractivity (Wildman–Crippen MR) is 48.6 cm³/mol. The summed E-state index contributed by atoms with van der Waals surface area (Å²) in [5.74, 6) is 0. The Hall–Kier alpha value is 1.19. The first-order valence-electron chi connectivity index (χ1n) is 4.43. The fourth-order valence-electron chi connectivity index (χ4n) is 0.752. The minimum atomic E-state index is -4.91. The molecule has 0 unspecified atom stereocenters. The number of halogens is 3. The molecule has 0 aromatic carbocycles. The molecule has 0 atom stereocenters. The average Bonchev–Trinajstić information content (AvgIpc) is 2.02. The van der Waals surface area contributed by atoms with E-state index in [0.717, 1.165) is 19.3 Å². The summed E-state index contributed by atoms with van der Waals surface area (Å²) in [6, 6.07) is 0. The third-order valence-electron chi connectivity index (χ3n) is 1.64. The van der Waals surface area contributed by atoms with Crippen LogP contribution >= 0.6 is 0 Å². The molecule has 0 fully saturated rings. The monoisotopic (exact) mass is 234 g/mol. The summed E-state index contributed by atoms with van der Waals surface area (Å²) in [4.78, 5) is 0. The number of hydrogen-bond donors (Lipinski definition) is 0. The molecule has 0 radical (unpaired) electrons. The van der Waals surface area contributed by atoms with Crippen LogP contribution in [0.25, 0.3) is 0 Å². The second kappa shape index (κ2) is 9.42. The Balaban J connectivity index is 0. The summed E-state index contributed by atoms with van der Waals surface area (Å²) in [6.45, 7) is 0.0383. The van der Waals surface area contributed by atoms with Crippen molar-refractivity contribution in [2.45, 2.75) is 26.2 Å². The van der Waals surface area contributed by atoms with Gasteiger partial charge in [0.05, 0.1) is 0 Å². The van der Waals surface area contributed by atoms with Gasteiger partial charge in [0, 0.05) is 13.2 Å². The van der Waals surface area contributed by atoms with Crippen LogP contribution < -0.4 is 51.4 Å². The van der Waals surface area contributed by atoms with Gasteiger partial charge in [-0.2, -0.15) is 0 Å². The maximum absolute atomic E-state index is 11.9. The van der Waals surface area contributed by atoms with Crippen molar-refractivity contribution < 1.29 is 69.1 Å². The standard InChI is InChI=1S/C8H15BF3O.K/c1-3-4-5-6-13-7-8(2)9(10,11)12;/h2-7H2,1H3;/q-1;+1. The van der Waals surface area contributed by atoms with E-state index in [9.17, 15) is 12.9 Å². The molecule has 0 amide bonds. The molecule has 0 bridgehead atoms. The average molecular weight is 234 g/mol. The Morgan fingerprint density at radius 3 is 2.29 bits per heavy atom. The van der Waals surface area contributed by atoms with Crippen LogP contribution in [0.2, 0.25) is 0 Å². The van der Waals surface area contributed by atoms with Gasteiger partial charge in [0.15, 0.2) is 0 Å². The van der Waals surface area contributed by atoms with Gasteiger partial charge in [-0.1, -0.05) is 19.8 Å². The van der Waals surface area contributed by atoms with E-state index < -0.39 is 12.4 Å². The quantitative estimate of drug-likeness (QED) is 0.449. The molecule has 1 nitrogen and oxygen atoms in total. The van der Waals surface area contributed by atoms with Crippen LogP contribution in [0.15, 0.2) is 12.1 Å². The van der Waals surface area contributed by atoms with E-state index in [4.69, 9.17) is 4.74 Å². The molecule has 0 N–H and O–H groups in total. The second-order valence-electron chi connectivity index (χ2n) is 2.99. The Morgan fingerprint density at radius 1 is 1.29 bits per heavy atom. The van der Waals surface area contributed by atoms with E-state index >= 15 is 0 Å². The molecule has 78 valence electrons. The Bertz CT molecular complexity index is 161. The topological polar surface area (TPSA) is 9.23 Å². The SMILES string of the molecule is C=C(COCCCCC)[B-](F)(F)F.[K+]. The maximum Gasteiger partial charge on any atom is 1.00 e. The van der Waals surface area contributed by atoms with Crippen molar-refractivity contribution in [1.82, 2.24) is 0 Å². The molecule has 0 rings (SSSR count). The van der Waals surface area contributed by atoms with Crippen molar-refractivity contribution in [2.75, 3.05) is 13.2 Å². The molecule has 0 saturated carbocycles. The maximum atomic E-state index is 11.9. The molecule has 0 aromatic heterocycles. The Kier molecular flexibility index (Phi) is 11.8. The molecular weight excluding hydrogens is 219 g/mol. The third-order valence-corrected chi connectivity index (χ3v) is 1.64. The van der Waals surface area contributed by atoms with Gasteiger partial charge in [-0.15, -0.1) is 12.1 Å². The van der Waals surface area contributed by atoms with Crippen molar-refractivity contribution in [2.24, 2.45) is 0 Å². The molecule has 0 aliphatic carbocycles. The van der Waals surface area contributed by atoms with Crippen molar-refractivity contribution in [3.63, 3.8) is 0 Å². The van der Waals surface area contributed by atoms with Crippen LogP contribution in [-0.4, -0.2) is 20.2 Å². The van der Waals surface area contributed by atoms with Gasteiger partial charge in [-0.25, -0.2) is 0 Å². The molecule has 0 aliphatic heterocycles. The molecule has 0 aliphatic rings. The van der Waals surface area contributed by atoms with Crippen LogP contribution in [0.5, 0.6) is 0 Å². The zero-order valence-corrected chi connectivity index (χ0v) is 12.0. The zero-order valence-electron chi connectivity index (χ0n) is 8.86. The smallest absolute Gasteiger partial charge is 0.445 e. The largest absolute Gasteiger partial charge is 1.00 e. The Morgan fingerprint density at radius 2 is 1.86 bits per heavy atom. The van der Waals surface area contributed by atoms with E-state index in [0.29, 0.717) is 6.61 Å². The van der Waals surface area contributed by atoms with Crippen molar-refractivity contribution >= 4 is 6.98 Å². The van der Waals surface area contributed by atoms with Crippen LogP contribution in [-0.2, 0) is 4.74 Å². The predicted octanol–water partition coefficient (Wildman–Crippen LogP) is 0.140. The second-order valence-corrected chi connectivity index (χ2v) is 2.99. The van der Waals surface area contributed by atoms with Crippen molar-refractivity contribution in [3.8, 4) is 0 Å². The van der Waals surface area contributed by atoms with E-state index in [1.165, 1.54) is 0 Å². The summed E-state index contributed by atoms with van der Waals surface area (Å²) in [6.07, 6.45) is 2.84. The first-order valence-corrected chi connectivity index (χ1v) is 4.43. The van der Waals surface area contributed by atoms with Crippen LogP contribution in [0, 0.1) is 0 Å². The minimum Gasteiger partial charge on any atom is -0.445 e. The summed E-state index contributed by atoms with van der Waals surface area (Å²) >= 11 is 0. The molecule has 0 aromatic rings. The van der Waals surface area contributed by atoms with E-state index in [-0.39, 0.29) is 58.0 Å². The van der Waals surface area contributed by atoms with Gasteiger partial charge in [0.2, 0.25) is 0 Å². The Labute approximate surface area is 126 Å². The van der Waals surface area contributed by atoms with Crippen LogP contribution in [0.4, 0.5) is 12.9 Å². The summed E-state index contributed by atoms with van der Waals surface area (Å²) < 4.78 is 40.5. The molecule has 14 heavy (non-hydrogen) atoms. The number of rotatable bonds is 7. The van der Waals surface area contributed by atoms with Gasteiger partial charge in [-0.05, 0) is 6.42 Å². The molecule has 6 heteroatoms. The molecule has 0 heterocycles. The molecule has 0 spiro atoms. The van der Waals surface area contributed by atoms with Crippen molar-refractivity contribution in [3.05, 3.63) is 12.1 Å². The normalized spacial score (nSPS) is 10.9. The molecular formula is C8H15BF3KO. The van der Waals surface area contributed by atoms with Gasteiger partial charge in [0.25, 0.3) is 0 Å². The van der Waals surface area contributed by atoms with Crippen molar-refractivity contribution in [1.29, 1.82) is 0 Å². The number of ether oxygens (including phenoxy) is 1. The van der Waals surface area contributed by atoms with Gasteiger partial charge in [-0.3, -0.25) is 0 Å². The zero-order chi connectivity index (χ0) is 10.3. The van der Waals surface area contributed by atoms with Gasteiger partial charge < -0.3 is 17.7 Å². The molecule has 0 saturated heterocycles. The van der Waals surface area contributed by atoms with Crippen LogP contribution in [0.3, 0.4) is 0 Å². The fourth-order valence-corrected chi connectivity index (χ4v) is 0.752. The van der Waals surface area contributed by atoms with E-state index in [2.05, 4.69) is 6.58 Å². The van der Waals surface area contributed by atoms with Crippen LogP contribution in [0.1, 0.15) is 26.2 Å².